The summed E-state index contributed by atoms with van der Waals surface area (Å²) in [5, 5.41) is 12.3. The molecule has 1 aliphatic rings. The van der Waals surface area contributed by atoms with Gasteiger partial charge in [0.15, 0.2) is 0 Å². The number of aryl methyl sites for hydroxylation is 1. The van der Waals surface area contributed by atoms with Crippen LogP contribution in [0.1, 0.15) is 77.1 Å². The molecule has 1 N–H and O–H groups in total. The average molecular weight is 501 g/mol. The molecule has 5 rings (SSSR count). The molecule has 4 aromatic rings. The lowest BCUT2D eigenvalue weighted by Crippen LogP contribution is -2.26. The van der Waals surface area contributed by atoms with Crippen molar-refractivity contribution in [2.75, 3.05) is 0 Å². The third-order valence-corrected chi connectivity index (χ3v) is 7.50. The number of carboxylic acid groups (broad SMARTS) is 1. The van der Waals surface area contributed by atoms with Crippen molar-refractivity contribution in [2.45, 2.75) is 57.5 Å². The highest BCUT2D eigenvalue weighted by molar-refractivity contribution is 5.89. The molecular formula is C32H33ClO3. The first-order valence-electron chi connectivity index (χ1n) is 12.6. The molecule has 3 nitrogen and oxygen atoms in total. The topological polar surface area (TPSA) is 46.5 Å². The summed E-state index contributed by atoms with van der Waals surface area (Å²) < 4.78 is 6.43. The highest BCUT2D eigenvalue weighted by Gasteiger charge is 2.29. The number of fused-ring (bicyclic) bond motifs is 2. The van der Waals surface area contributed by atoms with Gasteiger partial charge in [0, 0.05) is 11.5 Å². The molecule has 36 heavy (non-hydrogen) atoms. The molecule has 4 aromatic carbocycles. The molecule has 0 saturated heterocycles. The Hall–Kier alpha value is -3.30. The molecule has 186 valence electrons. The number of aromatic carboxylic acids is 1. The number of ether oxygens (including phenoxy) is 1. The van der Waals surface area contributed by atoms with E-state index >= 15 is 0 Å². The fourth-order valence-corrected chi connectivity index (χ4v) is 5.56. The first kappa shape index (κ1) is 25.8. The van der Waals surface area contributed by atoms with Crippen LogP contribution in [-0.2, 0) is 0 Å². The molecule has 1 aliphatic heterocycles. The molecule has 0 amide bonds. The summed E-state index contributed by atoms with van der Waals surface area (Å²) in [4.78, 5) is 11.7. The van der Waals surface area contributed by atoms with Gasteiger partial charge in [-0.3, -0.25) is 0 Å². The minimum Gasteiger partial charge on any atom is -0.490 e. The van der Waals surface area contributed by atoms with E-state index in [4.69, 9.17) is 4.74 Å². The van der Waals surface area contributed by atoms with Gasteiger partial charge in [-0.1, -0.05) is 79.7 Å². The van der Waals surface area contributed by atoms with Crippen molar-refractivity contribution in [1.29, 1.82) is 0 Å². The van der Waals surface area contributed by atoms with Crippen LogP contribution in [0.25, 0.3) is 10.8 Å². The van der Waals surface area contributed by atoms with Gasteiger partial charge in [0.25, 0.3) is 0 Å². The molecule has 0 radical (unpaired) electrons. The van der Waals surface area contributed by atoms with Crippen LogP contribution >= 0.6 is 12.4 Å². The second-order valence-corrected chi connectivity index (χ2v) is 9.85. The Kier molecular flexibility index (Phi) is 8.01. The lowest BCUT2D eigenvalue weighted by Gasteiger charge is -2.33. The molecule has 0 unspecified atom stereocenters. The van der Waals surface area contributed by atoms with Crippen molar-refractivity contribution in [3.05, 3.63) is 113 Å². The minimum absolute atomic E-state index is 0. The van der Waals surface area contributed by atoms with E-state index in [-0.39, 0.29) is 24.4 Å². The van der Waals surface area contributed by atoms with E-state index in [2.05, 4.69) is 61.5 Å². The maximum atomic E-state index is 11.7. The van der Waals surface area contributed by atoms with Gasteiger partial charge in [0.2, 0.25) is 0 Å². The fourth-order valence-electron chi connectivity index (χ4n) is 5.56. The number of benzene rings is 4. The molecule has 0 aliphatic carbocycles. The third-order valence-electron chi connectivity index (χ3n) is 7.50. The zero-order valence-electron chi connectivity index (χ0n) is 20.8. The fraction of sp³-hybridized carbons (Fsp3) is 0.281. The maximum absolute atomic E-state index is 11.7. The van der Waals surface area contributed by atoms with Crippen molar-refractivity contribution < 1.29 is 14.6 Å². The number of hydrogen-bond donors (Lipinski definition) is 1. The van der Waals surface area contributed by atoms with Crippen molar-refractivity contribution in [1.82, 2.24) is 0 Å². The van der Waals surface area contributed by atoms with E-state index in [1.54, 1.807) is 0 Å². The highest BCUT2D eigenvalue weighted by atomic mass is 35.5. The molecular weight excluding hydrogens is 468 g/mol. The second-order valence-electron chi connectivity index (χ2n) is 9.85. The van der Waals surface area contributed by atoms with Crippen LogP contribution < -0.4 is 4.74 Å². The first-order chi connectivity index (χ1) is 17.0. The smallest absolute Gasteiger partial charge is 0.335 e. The first-order valence-corrected chi connectivity index (χ1v) is 12.6. The largest absolute Gasteiger partial charge is 0.490 e. The Morgan fingerprint density at radius 2 is 1.75 bits per heavy atom. The summed E-state index contributed by atoms with van der Waals surface area (Å²) in [5.41, 5.74) is 4.79. The summed E-state index contributed by atoms with van der Waals surface area (Å²) in [5.74, 6) is 0.666. The van der Waals surface area contributed by atoms with Gasteiger partial charge in [-0.15, -0.1) is 12.4 Å². The summed E-state index contributed by atoms with van der Waals surface area (Å²) in [7, 11) is 0. The van der Waals surface area contributed by atoms with Gasteiger partial charge >= 0.3 is 5.97 Å². The SMILES string of the molecule is Cc1ccc([C@H]2C[C@@H](CCC[C@H](C)c3cccc4ccccc34)Oc3ccccc32)cc1C(=O)O.Cl. The Bertz CT molecular complexity index is 1360. The van der Waals surface area contributed by atoms with Gasteiger partial charge < -0.3 is 9.84 Å². The molecule has 1 heterocycles. The molecule has 0 fully saturated rings. The number of carboxylic acids is 1. The number of carbonyl (C=O) groups is 1. The number of hydrogen-bond acceptors (Lipinski definition) is 2. The van der Waals surface area contributed by atoms with Crippen molar-refractivity contribution in [3.8, 4) is 5.75 Å². The van der Waals surface area contributed by atoms with Crippen molar-refractivity contribution in [2.24, 2.45) is 0 Å². The van der Waals surface area contributed by atoms with Crippen molar-refractivity contribution in [3.63, 3.8) is 0 Å². The van der Waals surface area contributed by atoms with Crippen molar-refractivity contribution >= 4 is 29.1 Å². The Morgan fingerprint density at radius 1 is 1.00 bits per heavy atom. The zero-order chi connectivity index (χ0) is 24.4. The summed E-state index contributed by atoms with van der Waals surface area (Å²) in [6.07, 6.45) is 4.15. The summed E-state index contributed by atoms with van der Waals surface area (Å²) >= 11 is 0. The van der Waals surface area contributed by atoms with Crippen LogP contribution in [0.2, 0.25) is 0 Å². The number of halogens is 1. The van der Waals surface area contributed by atoms with Gasteiger partial charge in [-0.05, 0) is 78.1 Å². The number of para-hydroxylation sites is 1. The summed E-state index contributed by atoms with van der Waals surface area (Å²) in [6, 6.07) is 29.3. The molecule has 0 spiro atoms. The quantitative estimate of drug-likeness (QED) is 0.276. The third kappa shape index (κ3) is 5.27. The Labute approximate surface area is 219 Å². The van der Waals surface area contributed by atoms with E-state index in [1.807, 2.05) is 37.3 Å². The average Bonchev–Trinajstić information content (AvgIpc) is 2.88. The molecule has 0 aromatic heterocycles. The molecule has 4 heteroatoms. The Morgan fingerprint density at radius 3 is 2.58 bits per heavy atom. The van der Waals surface area contributed by atoms with Gasteiger partial charge in [-0.2, -0.15) is 0 Å². The van der Waals surface area contributed by atoms with E-state index in [9.17, 15) is 9.90 Å². The van der Waals surface area contributed by atoms with E-state index in [0.29, 0.717) is 11.5 Å². The highest BCUT2D eigenvalue weighted by Crippen LogP contribution is 2.42. The van der Waals surface area contributed by atoms with Crippen LogP contribution in [0, 0.1) is 6.92 Å². The molecule has 0 saturated carbocycles. The Balaban J connectivity index is 0.00000304. The number of rotatable bonds is 7. The normalized spacial score (nSPS) is 17.5. The predicted molar refractivity (Wildman–Crippen MR) is 149 cm³/mol. The molecule has 0 bridgehead atoms. The van der Waals surface area contributed by atoms with E-state index in [1.165, 1.54) is 16.3 Å². The second kappa shape index (κ2) is 11.2. The van der Waals surface area contributed by atoms with Crippen LogP contribution in [0.5, 0.6) is 5.75 Å². The van der Waals surface area contributed by atoms with Gasteiger partial charge in [0.1, 0.15) is 5.75 Å². The van der Waals surface area contributed by atoms with E-state index < -0.39 is 5.97 Å². The van der Waals surface area contributed by atoms with Crippen LogP contribution in [0.4, 0.5) is 0 Å². The lowest BCUT2D eigenvalue weighted by molar-refractivity contribution is 0.0696. The monoisotopic (exact) mass is 500 g/mol. The standard InChI is InChI=1S/C32H32O3.ClH/c1-21(26-15-8-11-23-10-3-4-13-27(23)26)9-7-12-25-20-30(28-14-5-6-16-31(28)35-25)24-18-17-22(2)29(19-24)32(33)34;/h3-6,8,10-11,13-19,21,25,30H,7,9,12,20H2,1-2H3,(H,33,34);1H/t21-,25+,30+;/m0./s1. The maximum Gasteiger partial charge on any atom is 0.335 e. The minimum atomic E-state index is -0.872. The van der Waals surface area contributed by atoms with Gasteiger partial charge in [-0.25, -0.2) is 4.79 Å². The predicted octanol–water partition coefficient (Wildman–Crippen LogP) is 8.53. The van der Waals surface area contributed by atoms with Crippen LogP contribution in [-0.4, -0.2) is 17.2 Å². The molecule has 3 atom stereocenters. The zero-order valence-corrected chi connectivity index (χ0v) is 21.6. The van der Waals surface area contributed by atoms with Crippen LogP contribution in [0.3, 0.4) is 0 Å². The van der Waals surface area contributed by atoms with E-state index in [0.717, 1.165) is 48.1 Å². The van der Waals surface area contributed by atoms with Gasteiger partial charge in [0.05, 0.1) is 11.7 Å². The van der Waals surface area contributed by atoms with Crippen LogP contribution in [0.15, 0.2) is 84.9 Å². The lowest BCUT2D eigenvalue weighted by atomic mass is 9.82. The summed E-state index contributed by atoms with van der Waals surface area (Å²) in [6.45, 7) is 4.17.